The van der Waals surface area contributed by atoms with E-state index in [9.17, 15) is 9.59 Å². The van der Waals surface area contributed by atoms with Crippen LogP contribution >= 0.6 is 0 Å². The number of amides is 2. The second-order valence-corrected chi connectivity index (χ2v) is 4.66. The van der Waals surface area contributed by atoms with Crippen molar-refractivity contribution in [2.24, 2.45) is 0 Å². The topological polar surface area (TPSA) is 75.9 Å². The Bertz CT molecular complexity index is 504. The number of anilines is 2. The van der Waals surface area contributed by atoms with Gasteiger partial charge >= 0.3 is 12.0 Å². The highest BCUT2D eigenvalue weighted by molar-refractivity contribution is 5.97. The van der Waals surface area contributed by atoms with Gasteiger partial charge in [-0.3, -0.25) is 9.69 Å². The van der Waals surface area contributed by atoms with Crippen molar-refractivity contribution in [3.05, 3.63) is 24.3 Å². The van der Waals surface area contributed by atoms with E-state index in [-0.39, 0.29) is 12.0 Å². The first-order valence-corrected chi connectivity index (χ1v) is 6.61. The van der Waals surface area contributed by atoms with Gasteiger partial charge in [0.05, 0.1) is 18.5 Å². The minimum atomic E-state index is -0.249. The SMILES string of the molecule is COC(=O)CCCN1CCN(c2ccccc2N)C1=O. The van der Waals surface area contributed by atoms with E-state index in [2.05, 4.69) is 4.74 Å². The number of nitrogen functional groups attached to an aromatic ring is 1. The van der Waals surface area contributed by atoms with Crippen LogP contribution < -0.4 is 10.6 Å². The van der Waals surface area contributed by atoms with Crippen molar-refractivity contribution in [1.29, 1.82) is 0 Å². The molecular weight excluding hydrogens is 258 g/mol. The van der Waals surface area contributed by atoms with Gasteiger partial charge in [0.25, 0.3) is 0 Å². The first-order valence-electron chi connectivity index (χ1n) is 6.61. The van der Waals surface area contributed by atoms with E-state index in [1.54, 1.807) is 15.9 Å². The van der Waals surface area contributed by atoms with Crippen LogP contribution in [0.2, 0.25) is 0 Å². The summed E-state index contributed by atoms with van der Waals surface area (Å²) in [5, 5.41) is 0. The quantitative estimate of drug-likeness (QED) is 0.653. The Balaban J connectivity index is 1.93. The molecule has 0 bridgehead atoms. The predicted molar refractivity (Wildman–Crippen MR) is 76.4 cm³/mol. The summed E-state index contributed by atoms with van der Waals surface area (Å²) in [6.07, 6.45) is 0.935. The predicted octanol–water partition coefficient (Wildman–Crippen LogP) is 1.46. The van der Waals surface area contributed by atoms with Gasteiger partial charge in [-0.2, -0.15) is 0 Å². The average molecular weight is 277 g/mol. The van der Waals surface area contributed by atoms with E-state index in [1.165, 1.54) is 7.11 Å². The minimum Gasteiger partial charge on any atom is -0.469 e. The van der Waals surface area contributed by atoms with Crippen molar-refractivity contribution in [3.63, 3.8) is 0 Å². The van der Waals surface area contributed by atoms with Gasteiger partial charge in [-0.15, -0.1) is 0 Å². The number of methoxy groups -OCH3 is 1. The molecule has 6 heteroatoms. The molecule has 6 nitrogen and oxygen atoms in total. The van der Waals surface area contributed by atoms with Gasteiger partial charge in [0.2, 0.25) is 0 Å². The third kappa shape index (κ3) is 3.01. The second-order valence-electron chi connectivity index (χ2n) is 4.66. The van der Waals surface area contributed by atoms with E-state index in [4.69, 9.17) is 5.73 Å². The molecule has 0 spiro atoms. The number of nitrogens with two attached hydrogens (primary N) is 1. The van der Waals surface area contributed by atoms with Crippen molar-refractivity contribution in [1.82, 2.24) is 4.90 Å². The van der Waals surface area contributed by atoms with Gasteiger partial charge in [0.1, 0.15) is 0 Å². The first-order chi connectivity index (χ1) is 9.63. The molecule has 1 heterocycles. The molecule has 1 aromatic carbocycles. The molecule has 2 N–H and O–H groups in total. The lowest BCUT2D eigenvalue weighted by atomic mass is 10.2. The number of hydrogen-bond acceptors (Lipinski definition) is 4. The number of ether oxygens (including phenoxy) is 1. The molecule has 1 aromatic rings. The van der Waals surface area contributed by atoms with Crippen LogP contribution in [0.1, 0.15) is 12.8 Å². The highest BCUT2D eigenvalue weighted by Gasteiger charge is 2.30. The molecule has 0 atom stereocenters. The molecule has 20 heavy (non-hydrogen) atoms. The Labute approximate surface area is 118 Å². The third-order valence-corrected chi connectivity index (χ3v) is 3.36. The molecule has 1 saturated heterocycles. The van der Waals surface area contributed by atoms with Gasteiger partial charge in [0, 0.05) is 26.1 Å². The Kier molecular flexibility index (Phi) is 4.45. The molecule has 0 unspecified atom stereocenters. The maximum Gasteiger partial charge on any atom is 0.324 e. The monoisotopic (exact) mass is 277 g/mol. The number of benzene rings is 1. The number of urea groups is 1. The fraction of sp³-hybridized carbons (Fsp3) is 0.429. The molecule has 0 radical (unpaired) electrons. The molecule has 2 rings (SSSR count). The Morgan fingerprint density at radius 3 is 2.80 bits per heavy atom. The van der Waals surface area contributed by atoms with Crippen molar-refractivity contribution in [2.75, 3.05) is 37.4 Å². The highest BCUT2D eigenvalue weighted by Crippen LogP contribution is 2.26. The van der Waals surface area contributed by atoms with Crippen LogP contribution in [-0.4, -0.2) is 43.6 Å². The summed E-state index contributed by atoms with van der Waals surface area (Å²) in [7, 11) is 1.36. The van der Waals surface area contributed by atoms with Crippen LogP contribution in [0, 0.1) is 0 Å². The van der Waals surface area contributed by atoms with Crippen LogP contribution in [0.15, 0.2) is 24.3 Å². The third-order valence-electron chi connectivity index (χ3n) is 3.36. The fourth-order valence-electron chi connectivity index (χ4n) is 2.26. The number of nitrogens with zero attached hydrogens (tertiary/aromatic N) is 2. The van der Waals surface area contributed by atoms with Gasteiger partial charge < -0.3 is 15.4 Å². The Morgan fingerprint density at radius 2 is 2.10 bits per heavy atom. The number of rotatable bonds is 5. The minimum absolute atomic E-state index is 0.0623. The average Bonchev–Trinajstić information content (AvgIpc) is 2.81. The maximum atomic E-state index is 12.3. The lowest BCUT2D eigenvalue weighted by molar-refractivity contribution is -0.140. The van der Waals surface area contributed by atoms with E-state index in [1.807, 2.05) is 18.2 Å². The summed E-state index contributed by atoms with van der Waals surface area (Å²) in [5.41, 5.74) is 7.23. The molecule has 2 amide bonds. The van der Waals surface area contributed by atoms with Crippen molar-refractivity contribution < 1.29 is 14.3 Å². The van der Waals surface area contributed by atoms with E-state index in [0.29, 0.717) is 38.2 Å². The number of hydrogen-bond donors (Lipinski definition) is 1. The Morgan fingerprint density at radius 1 is 1.35 bits per heavy atom. The zero-order chi connectivity index (χ0) is 14.5. The maximum absolute atomic E-state index is 12.3. The molecule has 1 aliphatic heterocycles. The summed E-state index contributed by atoms with van der Waals surface area (Å²) in [6.45, 7) is 1.82. The zero-order valence-electron chi connectivity index (χ0n) is 11.5. The molecule has 1 aliphatic rings. The smallest absolute Gasteiger partial charge is 0.324 e. The summed E-state index contributed by atoms with van der Waals surface area (Å²) in [6, 6.07) is 7.26. The summed E-state index contributed by atoms with van der Waals surface area (Å²) in [4.78, 5) is 26.7. The van der Waals surface area contributed by atoms with Crippen molar-refractivity contribution >= 4 is 23.4 Å². The molecule has 0 aliphatic carbocycles. The van der Waals surface area contributed by atoms with Crippen LogP contribution in [0.5, 0.6) is 0 Å². The van der Waals surface area contributed by atoms with E-state index >= 15 is 0 Å². The van der Waals surface area contributed by atoms with Crippen LogP contribution in [0.25, 0.3) is 0 Å². The normalized spacial score (nSPS) is 14.8. The van der Waals surface area contributed by atoms with Gasteiger partial charge in [-0.05, 0) is 18.6 Å². The Hall–Kier alpha value is -2.24. The first kappa shape index (κ1) is 14.2. The lowest BCUT2D eigenvalue weighted by Crippen LogP contribution is -2.33. The van der Waals surface area contributed by atoms with Gasteiger partial charge in [-0.1, -0.05) is 12.1 Å². The number of carbonyl (C=O) groups excluding carboxylic acids is 2. The highest BCUT2D eigenvalue weighted by atomic mass is 16.5. The standard InChI is InChI=1S/C14H19N3O3/c1-20-13(18)7-4-8-16-9-10-17(14(16)19)12-6-3-2-5-11(12)15/h2-3,5-6H,4,7-10,15H2,1H3. The molecule has 1 fully saturated rings. The number of esters is 1. The molecule has 0 saturated carbocycles. The largest absolute Gasteiger partial charge is 0.469 e. The second kappa shape index (κ2) is 6.27. The number of para-hydroxylation sites is 2. The number of carbonyl (C=O) groups is 2. The van der Waals surface area contributed by atoms with Crippen molar-refractivity contribution in [2.45, 2.75) is 12.8 Å². The lowest BCUT2D eigenvalue weighted by Gasteiger charge is -2.19. The molecule has 108 valence electrons. The van der Waals surface area contributed by atoms with E-state index < -0.39 is 0 Å². The zero-order valence-corrected chi connectivity index (χ0v) is 11.5. The van der Waals surface area contributed by atoms with Gasteiger partial charge in [0.15, 0.2) is 0 Å². The molecular formula is C14H19N3O3. The van der Waals surface area contributed by atoms with Crippen molar-refractivity contribution in [3.8, 4) is 0 Å². The summed E-state index contributed by atoms with van der Waals surface area (Å²) >= 11 is 0. The van der Waals surface area contributed by atoms with E-state index in [0.717, 1.165) is 5.69 Å². The summed E-state index contributed by atoms with van der Waals surface area (Å²) < 4.78 is 4.58. The van der Waals surface area contributed by atoms with Gasteiger partial charge in [-0.25, -0.2) is 4.79 Å². The van der Waals surface area contributed by atoms with Crippen LogP contribution in [0.4, 0.5) is 16.2 Å². The fourth-order valence-corrected chi connectivity index (χ4v) is 2.26. The van der Waals surface area contributed by atoms with Crippen LogP contribution in [0.3, 0.4) is 0 Å². The summed E-state index contributed by atoms with van der Waals surface area (Å²) in [5.74, 6) is -0.249. The van der Waals surface area contributed by atoms with Crippen LogP contribution in [-0.2, 0) is 9.53 Å². The molecule has 0 aromatic heterocycles.